The first-order valence-electron chi connectivity index (χ1n) is 10.3. The van der Waals surface area contributed by atoms with Gasteiger partial charge in [-0.25, -0.2) is 17.8 Å². The lowest BCUT2D eigenvalue weighted by Crippen LogP contribution is -2.35. The van der Waals surface area contributed by atoms with Crippen molar-refractivity contribution in [3.63, 3.8) is 0 Å². The number of anilines is 2. The molecule has 0 saturated carbocycles. The number of nitrogens with one attached hydrogen (secondary N) is 1. The SMILES string of the molecule is Cc1cc(S(=O)(=O)Nc2cscn2)c(F)cc1N(C)[C@H]1CCN(Cc2cc(C)n(C)n2)C1. The number of hydrogen-bond acceptors (Lipinski definition) is 7. The lowest BCUT2D eigenvalue weighted by Gasteiger charge is -2.29. The second kappa shape index (κ2) is 8.80. The van der Waals surface area contributed by atoms with Crippen LogP contribution in [0.15, 0.2) is 34.0 Å². The number of likely N-dealkylation sites (tertiary alicyclic amines) is 1. The molecule has 3 heterocycles. The maximum absolute atomic E-state index is 14.9. The van der Waals surface area contributed by atoms with Gasteiger partial charge in [0.25, 0.3) is 10.0 Å². The second-order valence-electron chi connectivity index (χ2n) is 8.24. The Kier molecular flexibility index (Phi) is 6.24. The highest BCUT2D eigenvalue weighted by molar-refractivity contribution is 7.92. The van der Waals surface area contributed by atoms with Crippen LogP contribution in [0, 0.1) is 19.7 Å². The second-order valence-corrected chi connectivity index (χ2v) is 10.6. The Hall–Kier alpha value is -2.50. The third-order valence-electron chi connectivity index (χ3n) is 5.94. The molecule has 2 aromatic heterocycles. The number of rotatable bonds is 7. The fourth-order valence-electron chi connectivity index (χ4n) is 4.10. The van der Waals surface area contributed by atoms with Gasteiger partial charge in [-0.15, -0.1) is 11.3 Å². The normalized spacial score (nSPS) is 17.1. The van der Waals surface area contributed by atoms with E-state index >= 15 is 0 Å². The summed E-state index contributed by atoms with van der Waals surface area (Å²) in [5.74, 6) is -0.596. The van der Waals surface area contributed by atoms with Crippen LogP contribution in [0.4, 0.5) is 15.9 Å². The van der Waals surface area contributed by atoms with Gasteiger partial charge in [-0.1, -0.05) is 0 Å². The zero-order valence-corrected chi connectivity index (χ0v) is 20.2. The number of aryl methyl sites for hydroxylation is 3. The molecule has 1 aliphatic rings. The van der Waals surface area contributed by atoms with Gasteiger partial charge in [0, 0.05) is 56.5 Å². The largest absolute Gasteiger partial charge is 0.370 e. The highest BCUT2D eigenvalue weighted by Crippen LogP contribution is 2.30. The van der Waals surface area contributed by atoms with Gasteiger partial charge >= 0.3 is 0 Å². The number of thiazole rings is 1. The maximum atomic E-state index is 14.9. The lowest BCUT2D eigenvalue weighted by molar-refractivity contribution is 0.320. The van der Waals surface area contributed by atoms with E-state index in [9.17, 15) is 12.8 Å². The molecule has 0 spiro atoms. The smallest absolute Gasteiger partial charge is 0.266 e. The van der Waals surface area contributed by atoms with E-state index in [0.717, 1.165) is 37.4 Å². The summed E-state index contributed by atoms with van der Waals surface area (Å²) in [5.41, 5.74) is 5.07. The molecular weight excluding hydrogens is 451 g/mol. The highest BCUT2D eigenvalue weighted by Gasteiger charge is 2.29. The molecule has 0 aliphatic carbocycles. The molecule has 3 aromatic rings. The van der Waals surface area contributed by atoms with Crippen molar-refractivity contribution < 1.29 is 12.8 Å². The van der Waals surface area contributed by atoms with E-state index in [0.29, 0.717) is 11.3 Å². The van der Waals surface area contributed by atoms with Crippen molar-refractivity contribution in [2.75, 3.05) is 29.8 Å². The first kappa shape index (κ1) is 22.7. The van der Waals surface area contributed by atoms with E-state index in [1.165, 1.54) is 29.0 Å². The lowest BCUT2D eigenvalue weighted by atomic mass is 10.1. The molecule has 0 amide bonds. The number of benzene rings is 1. The number of halogens is 1. The monoisotopic (exact) mass is 478 g/mol. The molecule has 0 radical (unpaired) electrons. The summed E-state index contributed by atoms with van der Waals surface area (Å²) in [7, 11) is -0.189. The molecule has 1 fully saturated rings. The minimum atomic E-state index is -4.06. The van der Waals surface area contributed by atoms with Crippen molar-refractivity contribution in [3.05, 3.63) is 51.9 Å². The first-order valence-corrected chi connectivity index (χ1v) is 12.7. The van der Waals surface area contributed by atoms with Gasteiger partial charge in [0.15, 0.2) is 5.82 Å². The maximum Gasteiger partial charge on any atom is 0.266 e. The van der Waals surface area contributed by atoms with Crippen molar-refractivity contribution in [1.82, 2.24) is 19.7 Å². The zero-order chi connectivity index (χ0) is 23.0. The molecule has 0 bridgehead atoms. The average molecular weight is 479 g/mol. The van der Waals surface area contributed by atoms with Crippen LogP contribution in [0.25, 0.3) is 0 Å². The highest BCUT2D eigenvalue weighted by atomic mass is 32.2. The van der Waals surface area contributed by atoms with Crippen molar-refractivity contribution in [3.8, 4) is 0 Å². The van der Waals surface area contributed by atoms with E-state index in [2.05, 4.69) is 25.8 Å². The molecule has 1 aromatic carbocycles. The molecule has 1 aliphatic heterocycles. The Labute approximate surface area is 191 Å². The zero-order valence-electron chi connectivity index (χ0n) is 18.5. The molecule has 1 saturated heterocycles. The third kappa shape index (κ3) is 4.64. The fourth-order valence-corrected chi connectivity index (χ4v) is 5.80. The van der Waals surface area contributed by atoms with E-state index in [-0.39, 0.29) is 16.8 Å². The first-order chi connectivity index (χ1) is 15.1. The summed E-state index contributed by atoms with van der Waals surface area (Å²) in [5, 5.41) is 6.09. The molecule has 172 valence electrons. The number of hydrogen-bond donors (Lipinski definition) is 1. The molecule has 8 nitrogen and oxygen atoms in total. The number of nitrogens with zero attached hydrogens (tertiary/aromatic N) is 5. The van der Waals surface area contributed by atoms with Crippen molar-refractivity contribution in [2.45, 2.75) is 37.8 Å². The van der Waals surface area contributed by atoms with Gasteiger partial charge in [0.2, 0.25) is 0 Å². The minimum absolute atomic E-state index is 0.183. The summed E-state index contributed by atoms with van der Waals surface area (Å²) < 4.78 is 44.4. The Morgan fingerprint density at radius 2 is 2.09 bits per heavy atom. The summed E-state index contributed by atoms with van der Waals surface area (Å²) >= 11 is 1.26. The Morgan fingerprint density at radius 3 is 2.75 bits per heavy atom. The van der Waals surface area contributed by atoms with E-state index in [1.807, 2.05) is 30.6 Å². The van der Waals surface area contributed by atoms with Crippen LogP contribution in [-0.2, 0) is 23.6 Å². The fraction of sp³-hybridized carbons (Fsp3) is 0.429. The standard InChI is InChI=1S/C21H27FN6O2S2/c1-14-7-20(32(29,30)25-21-12-31-13-23-21)18(22)9-19(14)26(3)17-5-6-28(11-17)10-16-8-15(2)27(4)24-16/h7-9,12-13,17,25H,5-6,10-11H2,1-4H3/t17-/m0/s1. The topological polar surface area (TPSA) is 83.4 Å². The molecule has 1 N–H and O–H groups in total. The van der Waals surface area contributed by atoms with Crippen LogP contribution in [0.3, 0.4) is 0 Å². The summed E-state index contributed by atoms with van der Waals surface area (Å²) in [4.78, 5) is 7.92. The van der Waals surface area contributed by atoms with Crippen molar-refractivity contribution >= 4 is 32.9 Å². The van der Waals surface area contributed by atoms with Crippen molar-refractivity contribution in [2.24, 2.45) is 7.05 Å². The van der Waals surface area contributed by atoms with E-state index in [4.69, 9.17) is 0 Å². The van der Waals surface area contributed by atoms with Crippen LogP contribution >= 0.6 is 11.3 Å². The molecular formula is C21H27FN6O2S2. The minimum Gasteiger partial charge on any atom is -0.370 e. The summed E-state index contributed by atoms with van der Waals surface area (Å²) in [6, 6.07) is 5.00. The van der Waals surface area contributed by atoms with Gasteiger partial charge in [0.1, 0.15) is 10.7 Å². The van der Waals surface area contributed by atoms with Crippen LogP contribution in [0.1, 0.15) is 23.4 Å². The predicted octanol–water partition coefficient (Wildman–Crippen LogP) is 3.14. The Balaban J connectivity index is 1.48. The average Bonchev–Trinajstić information content (AvgIpc) is 3.46. The van der Waals surface area contributed by atoms with Crippen LogP contribution in [0.5, 0.6) is 0 Å². The van der Waals surface area contributed by atoms with Crippen LogP contribution < -0.4 is 9.62 Å². The molecule has 1 atom stereocenters. The summed E-state index contributed by atoms with van der Waals surface area (Å²) in [6.07, 6.45) is 0.939. The third-order valence-corrected chi connectivity index (χ3v) is 7.89. The number of aromatic nitrogens is 3. The Morgan fingerprint density at radius 1 is 1.31 bits per heavy atom. The van der Waals surface area contributed by atoms with E-state index in [1.54, 1.807) is 12.3 Å². The Bertz CT molecular complexity index is 1190. The van der Waals surface area contributed by atoms with Crippen molar-refractivity contribution in [1.29, 1.82) is 0 Å². The van der Waals surface area contributed by atoms with Crippen LogP contribution in [-0.4, -0.2) is 54.3 Å². The molecule has 32 heavy (non-hydrogen) atoms. The van der Waals surface area contributed by atoms with Gasteiger partial charge in [-0.2, -0.15) is 5.10 Å². The molecule has 4 rings (SSSR count). The quantitative estimate of drug-likeness (QED) is 0.562. The summed E-state index contributed by atoms with van der Waals surface area (Å²) in [6.45, 7) is 6.37. The molecule has 11 heteroatoms. The predicted molar refractivity (Wildman–Crippen MR) is 124 cm³/mol. The number of likely N-dealkylation sites (N-methyl/N-ethyl adjacent to an activating group) is 1. The van der Waals surface area contributed by atoms with Gasteiger partial charge < -0.3 is 4.90 Å². The van der Waals surface area contributed by atoms with Gasteiger partial charge in [0.05, 0.1) is 11.2 Å². The van der Waals surface area contributed by atoms with Gasteiger partial charge in [-0.05, 0) is 44.0 Å². The molecule has 0 unspecified atom stereocenters. The van der Waals surface area contributed by atoms with E-state index < -0.39 is 15.8 Å². The van der Waals surface area contributed by atoms with Gasteiger partial charge in [-0.3, -0.25) is 14.3 Å². The van der Waals surface area contributed by atoms with Crippen LogP contribution in [0.2, 0.25) is 0 Å². The number of sulfonamides is 1.